The first kappa shape index (κ1) is 26.6. The molecule has 3 heteroatoms. The Morgan fingerprint density at radius 2 is 1.34 bits per heavy atom. The van der Waals surface area contributed by atoms with Gasteiger partial charge in [0.1, 0.15) is 0 Å². The van der Waals surface area contributed by atoms with Crippen molar-refractivity contribution in [2.75, 3.05) is 0 Å². The third-order valence-corrected chi connectivity index (χ3v) is 11.2. The lowest BCUT2D eigenvalue weighted by Gasteiger charge is -2.14. The second kappa shape index (κ2) is 9.93. The van der Waals surface area contributed by atoms with Crippen LogP contribution in [0.4, 0.5) is 0 Å². The number of thiophene rings is 1. The number of para-hydroxylation sites is 3. The Hall–Kier alpha value is -5.64. The predicted octanol–water partition coefficient (Wildman–Crippen LogP) is 12.3. The molecule has 2 nitrogen and oxygen atoms in total. The van der Waals surface area contributed by atoms with Crippen molar-refractivity contribution in [3.05, 3.63) is 156 Å². The highest BCUT2D eigenvalue weighted by molar-refractivity contribution is 7.20. The van der Waals surface area contributed by atoms with Crippen molar-refractivity contribution >= 4 is 77.2 Å². The lowest BCUT2D eigenvalue weighted by Crippen LogP contribution is -1.98. The van der Waals surface area contributed by atoms with Gasteiger partial charge in [-0.2, -0.15) is 0 Å². The lowest BCUT2D eigenvalue weighted by molar-refractivity contribution is 1.15. The Balaban J connectivity index is 1.48. The molecule has 0 saturated heterocycles. The molecule has 0 atom stereocenters. The topological polar surface area (TPSA) is 9.86 Å². The number of hydrogen-bond acceptors (Lipinski definition) is 1. The third kappa shape index (κ3) is 3.55. The number of aromatic nitrogens is 2. The highest BCUT2D eigenvalue weighted by Gasteiger charge is 2.31. The van der Waals surface area contributed by atoms with Crippen LogP contribution in [0.25, 0.3) is 88.4 Å². The van der Waals surface area contributed by atoms with Crippen molar-refractivity contribution in [2.24, 2.45) is 0 Å². The van der Waals surface area contributed by atoms with Crippen molar-refractivity contribution < 1.29 is 0 Å². The molecule has 47 heavy (non-hydrogen) atoms. The average Bonchev–Trinajstić information content (AvgIpc) is 3.86. The minimum atomic E-state index is 0.915. The maximum Gasteiger partial charge on any atom is 0.0647 e. The van der Waals surface area contributed by atoms with Crippen LogP contribution in [-0.4, -0.2) is 9.13 Å². The van der Waals surface area contributed by atoms with Gasteiger partial charge in [-0.25, -0.2) is 0 Å². The first-order valence-electron chi connectivity index (χ1n) is 16.2. The van der Waals surface area contributed by atoms with Gasteiger partial charge < -0.3 is 9.13 Å². The molecule has 9 aromatic rings. The molecule has 1 aliphatic carbocycles. The van der Waals surface area contributed by atoms with E-state index in [1.165, 1.54) is 97.8 Å². The number of benzene rings is 6. The van der Waals surface area contributed by atoms with E-state index in [1.54, 1.807) is 0 Å². The van der Waals surface area contributed by atoms with E-state index in [-0.39, 0.29) is 0 Å². The molecule has 0 radical (unpaired) electrons. The van der Waals surface area contributed by atoms with Crippen molar-refractivity contribution in [2.45, 2.75) is 13.3 Å². The number of hydrogen-bond donors (Lipinski definition) is 0. The van der Waals surface area contributed by atoms with Gasteiger partial charge in [-0.3, -0.25) is 0 Å². The zero-order valence-corrected chi connectivity index (χ0v) is 26.8. The number of nitrogens with zero attached hydrogens (tertiary/aromatic N) is 2. The standard InChI is InChI=1S/C44H30N2S/c1-3-14-31-34-26-29(23-24-39(34)47-38(31)4-2)46-36-21-12-10-19-32(36)41-40-30-18-9-8-15-27(30)25-35(40)43-42(44(41)46)33-20-11-13-22-37(33)45(43)28-16-6-5-7-17-28/h3-24,26H,2,25H2,1H3/b14-3-. The average molecular weight is 619 g/mol. The lowest BCUT2D eigenvalue weighted by atomic mass is 9.95. The summed E-state index contributed by atoms with van der Waals surface area (Å²) in [5, 5.41) is 6.49. The summed E-state index contributed by atoms with van der Waals surface area (Å²) >= 11 is 1.81. The summed E-state index contributed by atoms with van der Waals surface area (Å²) in [5.74, 6) is 0. The molecule has 3 heterocycles. The van der Waals surface area contributed by atoms with Crippen LogP contribution >= 0.6 is 11.3 Å². The van der Waals surface area contributed by atoms with Gasteiger partial charge in [0.2, 0.25) is 0 Å². The molecule has 1 aliphatic rings. The van der Waals surface area contributed by atoms with Gasteiger partial charge >= 0.3 is 0 Å². The largest absolute Gasteiger partial charge is 0.309 e. The van der Waals surface area contributed by atoms with Crippen LogP contribution in [0.5, 0.6) is 0 Å². The zero-order valence-electron chi connectivity index (χ0n) is 26.0. The van der Waals surface area contributed by atoms with Gasteiger partial charge in [0.05, 0.1) is 22.1 Å². The molecule has 0 bridgehead atoms. The number of allylic oxidation sites excluding steroid dienone is 1. The first-order valence-corrected chi connectivity index (χ1v) is 17.1. The molecule has 0 spiro atoms. The van der Waals surface area contributed by atoms with Crippen LogP contribution in [0.2, 0.25) is 0 Å². The molecule has 0 fully saturated rings. The molecule has 10 rings (SSSR count). The van der Waals surface area contributed by atoms with E-state index in [9.17, 15) is 0 Å². The second-order valence-electron chi connectivity index (χ2n) is 12.4. The van der Waals surface area contributed by atoms with Crippen molar-refractivity contribution in [1.29, 1.82) is 0 Å². The Bertz CT molecular complexity index is 2780. The van der Waals surface area contributed by atoms with E-state index >= 15 is 0 Å². The van der Waals surface area contributed by atoms with Crippen LogP contribution in [-0.2, 0) is 6.42 Å². The van der Waals surface area contributed by atoms with Crippen LogP contribution < -0.4 is 0 Å². The molecule has 3 aromatic heterocycles. The van der Waals surface area contributed by atoms with Crippen molar-refractivity contribution in [1.82, 2.24) is 9.13 Å². The molecule has 222 valence electrons. The fourth-order valence-corrected chi connectivity index (χ4v) is 9.23. The molecule has 6 aromatic carbocycles. The smallest absolute Gasteiger partial charge is 0.0647 e. The van der Waals surface area contributed by atoms with E-state index < -0.39 is 0 Å². The molecule has 0 aliphatic heterocycles. The maximum absolute atomic E-state index is 4.13. The van der Waals surface area contributed by atoms with E-state index in [2.05, 4.69) is 156 Å². The molecule has 0 unspecified atom stereocenters. The van der Waals surface area contributed by atoms with Gasteiger partial charge in [0.15, 0.2) is 0 Å². The van der Waals surface area contributed by atoms with Crippen LogP contribution in [0, 0.1) is 0 Å². The number of fused-ring (bicyclic) bond motifs is 13. The minimum Gasteiger partial charge on any atom is -0.309 e. The summed E-state index contributed by atoms with van der Waals surface area (Å²) in [6.07, 6.45) is 7.26. The normalized spacial score (nSPS) is 12.7. The summed E-state index contributed by atoms with van der Waals surface area (Å²) in [5.41, 5.74) is 14.2. The Labute approximate surface area is 276 Å². The van der Waals surface area contributed by atoms with Crippen LogP contribution in [0.1, 0.15) is 28.5 Å². The molecular formula is C44H30N2S. The fourth-order valence-electron chi connectivity index (χ4n) is 8.21. The maximum atomic E-state index is 4.13. The van der Waals surface area contributed by atoms with Crippen molar-refractivity contribution in [3.63, 3.8) is 0 Å². The SMILES string of the molecule is C=Cc1sc2ccc(-n3c4ccccc4c4c5c(c6c(c7ccccc7n6-c6ccccc6)c43)Cc3ccccc3-5)cc2c1/C=C\C. The van der Waals surface area contributed by atoms with E-state index in [1.807, 2.05) is 17.4 Å². The van der Waals surface area contributed by atoms with Crippen LogP contribution in [0.3, 0.4) is 0 Å². The molecule has 0 amide bonds. The summed E-state index contributed by atoms with van der Waals surface area (Å²) in [6, 6.07) is 44.9. The van der Waals surface area contributed by atoms with Gasteiger partial charge in [-0.05, 0) is 71.6 Å². The highest BCUT2D eigenvalue weighted by atomic mass is 32.1. The Morgan fingerprint density at radius 1 is 0.660 bits per heavy atom. The third-order valence-electron chi connectivity index (χ3n) is 10.0. The molecule has 0 saturated carbocycles. The van der Waals surface area contributed by atoms with Crippen LogP contribution in [0.15, 0.2) is 134 Å². The summed E-state index contributed by atoms with van der Waals surface area (Å²) in [6.45, 7) is 6.22. The minimum absolute atomic E-state index is 0.915. The Kier molecular flexibility index (Phi) is 5.61. The summed E-state index contributed by atoms with van der Waals surface area (Å²) in [7, 11) is 0. The van der Waals surface area contributed by atoms with E-state index in [0.717, 1.165) is 6.42 Å². The number of rotatable bonds is 4. The van der Waals surface area contributed by atoms with Gasteiger partial charge in [0, 0.05) is 59.9 Å². The highest BCUT2D eigenvalue weighted by Crippen LogP contribution is 2.52. The van der Waals surface area contributed by atoms with Gasteiger partial charge in [-0.1, -0.05) is 104 Å². The monoisotopic (exact) mass is 618 g/mol. The summed E-state index contributed by atoms with van der Waals surface area (Å²) in [4.78, 5) is 1.21. The van der Waals surface area contributed by atoms with E-state index in [0.29, 0.717) is 0 Å². The first-order chi connectivity index (χ1) is 23.3. The predicted molar refractivity (Wildman–Crippen MR) is 204 cm³/mol. The summed E-state index contributed by atoms with van der Waals surface area (Å²) < 4.78 is 6.33. The fraction of sp³-hybridized carbons (Fsp3) is 0.0455. The molecular weight excluding hydrogens is 589 g/mol. The second-order valence-corrected chi connectivity index (χ2v) is 13.5. The van der Waals surface area contributed by atoms with Gasteiger partial charge in [-0.15, -0.1) is 11.3 Å². The van der Waals surface area contributed by atoms with E-state index in [4.69, 9.17) is 0 Å². The molecule has 0 N–H and O–H groups in total. The zero-order chi connectivity index (χ0) is 31.2. The Morgan fingerprint density at radius 3 is 2.11 bits per heavy atom. The van der Waals surface area contributed by atoms with Crippen molar-refractivity contribution in [3.8, 4) is 22.5 Å². The van der Waals surface area contributed by atoms with Gasteiger partial charge in [0.25, 0.3) is 0 Å². The quantitative estimate of drug-likeness (QED) is 0.186.